The average molecular weight is 371 g/mol. The molecule has 2 aromatic heterocycles. The lowest BCUT2D eigenvalue weighted by atomic mass is 9.96. The van der Waals surface area contributed by atoms with Crippen molar-refractivity contribution < 1.29 is 0 Å². The van der Waals surface area contributed by atoms with Gasteiger partial charge in [-0.05, 0) is 55.2 Å². The van der Waals surface area contributed by atoms with E-state index >= 15 is 0 Å². The maximum absolute atomic E-state index is 9.48. The van der Waals surface area contributed by atoms with E-state index in [0.29, 0.717) is 6.54 Å². The molecule has 4 rings (SSSR count). The summed E-state index contributed by atoms with van der Waals surface area (Å²) in [6.45, 7) is 8.84. The summed E-state index contributed by atoms with van der Waals surface area (Å²) in [5, 5.41) is 17.9. The van der Waals surface area contributed by atoms with Crippen LogP contribution >= 0.6 is 0 Å². The second-order valence-corrected chi connectivity index (χ2v) is 8.32. The topological polar surface area (TPSA) is 46.5 Å². The average Bonchev–Trinajstić information content (AvgIpc) is 3.18. The fourth-order valence-corrected chi connectivity index (χ4v) is 3.87. The molecule has 0 radical (unpaired) electrons. The second-order valence-electron chi connectivity index (χ2n) is 8.32. The molecule has 0 bridgehead atoms. The minimum atomic E-state index is -0.450. The molecule has 0 aliphatic carbocycles. The smallest absolute Gasteiger partial charge is 0.162 e. The van der Waals surface area contributed by atoms with Crippen LogP contribution in [0, 0.1) is 23.7 Å². The Morgan fingerprint density at radius 3 is 2.54 bits per heavy atom. The molecule has 0 amide bonds. The quantitative estimate of drug-likeness (QED) is 0.468. The van der Waals surface area contributed by atoms with E-state index in [1.165, 1.54) is 32.8 Å². The molecule has 0 aliphatic rings. The highest BCUT2D eigenvalue weighted by Gasteiger charge is 2.23. The van der Waals surface area contributed by atoms with E-state index in [-0.39, 0.29) is 0 Å². The first-order valence-corrected chi connectivity index (χ1v) is 9.80. The van der Waals surface area contributed by atoms with Crippen molar-refractivity contribution in [2.45, 2.75) is 40.7 Å². The molecule has 0 fully saturated rings. The molecule has 4 nitrogen and oxygen atoms in total. The molecule has 0 saturated carbocycles. The minimum absolute atomic E-state index is 0.450. The summed E-state index contributed by atoms with van der Waals surface area (Å²) in [6.07, 6.45) is 3.20. The summed E-state index contributed by atoms with van der Waals surface area (Å²) >= 11 is 0. The zero-order valence-corrected chi connectivity index (χ0v) is 17.2. The largest absolute Gasteiger partial charge is 0.329 e. The van der Waals surface area contributed by atoms with Crippen LogP contribution in [0.3, 0.4) is 0 Å². The standard InChI is InChI=1S/C24H26N4/c1-6-17-7-8-19-12-20(10-9-18(19)11-17)21-13-28(15-24(3,4)14-25)23-22(21)16(2)27(5)26-23/h7-13H,6,15H2,1-5H3. The van der Waals surface area contributed by atoms with Crippen LogP contribution in [-0.2, 0) is 20.0 Å². The van der Waals surface area contributed by atoms with Gasteiger partial charge in [0, 0.05) is 36.4 Å². The number of hydrogen-bond acceptors (Lipinski definition) is 2. The van der Waals surface area contributed by atoms with Gasteiger partial charge in [0.15, 0.2) is 5.65 Å². The molecule has 0 saturated heterocycles. The van der Waals surface area contributed by atoms with Gasteiger partial charge >= 0.3 is 0 Å². The zero-order chi connectivity index (χ0) is 20.1. The minimum Gasteiger partial charge on any atom is -0.329 e. The Hall–Kier alpha value is -3.06. The van der Waals surface area contributed by atoms with Crippen molar-refractivity contribution in [1.82, 2.24) is 14.3 Å². The van der Waals surface area contributed by atoms with Crippen molar-refractivity contribution >= 4 is 21.8 Å². The Kier molecular flexibility index (Phi) is 4.27. The van der Waals surface area contributed by atoms with Crippen LogP contribution in [0.2, 0.25) is 0 Å². The lowest BCUT2D eigenvalue weighted by molar-refractivity contribution is 0.415. The SMILES string of the molecule is CCc1ccc2cc(-c3cn(CC(C)(C)C#N)c4nn(C)c(C)c34)ccc2c1. The maximum Gasteiger partial charge on any atom is 0.162 e. The summed E-state index contributed by atoms with van der Waals surface area (Å²) in [6, 6.07) is 15.8. The molecule has 4 aromatic rings. The molecule has 28 heavy (non-hydrogen) atoms. The first-order chi connectivity index (χ1) is 13.3. The fourth-order valence-electron chi connectivity index (χ4n) is 3.87. The van der Waals surface area contributed by atoms with Gasteiger partial charge in [0.2, 0.25) is 0 Å². The highest BCUT2D eigenvalue weighted by atomic mass is 15.3. The van der Waals surface area contributed by atoms with Crippen LogP contribution < -0.4 is 0 Å². The number of nitriles is 1. The molecule has 2 aromatic carbocycles. The van der Waals surface area contributed by atoms with Crippen LogP contribution in [-0.4, -0.2) is 14.3 Å². The van der Waals surface area contributed by atoms with Gasteiger partial charge in [0.05, 0.1) is 11.5 Å². The van der Waals surface area contributed by atoms with Crippen molar-refractivity contribution in [2.24, 2.45) is 12.5 Å². The Labute approximate surface area is 166 Å². The van der Waals surface area contributed by atoms with E-state index in [2.05, 4.69) is 67.1 Å². The number of nitrogens with zero attached hydrogens (tertiary/aromatic N) is 4. The highest BCUT2D eigenvalue weighted by molar-refractivity contribution is 5.99. The number of benzene rings is 2. The molecule has 142 valence electrons. The van der Waals surface area contributed by atoms with Crippen molar-refractivity contribution in [3.8, 4) is 17.2 Å². The van der Waals surface area contributed by atoms with Crippen LogP contribution in [0.15, 0.2) is 42.6 Å². The van der Waals surface area contributed by atoms with Gasteiger partial charge in [-0.15, -0.1) is 0 Å². The Bertz CT molecular complexity index is 1230. The number of fused-ring (bicyclic) bond motifs is 2. The van der Waals surface area contributed by atoms with Crippen molar-refractivity contribution in [3.63, 3.8) is 0 Å². The van der Waals surface area contributed by atoms with E-state index in [0.717, 1.165) is 17.8 Å². The lowest BCUT2D eigenvalue weighted by Gasteiger charge is -2.16. The summed E-state index contributed by atoms with van der Waals surface area (Å²) in [5.41, 5.74) is 5.35. The Morgan fingerprint density at radius 2 is 1.82 bits per heavy atom. The number of hydrogen-bond donors (Lipinski definition) is 0. The first-order valence-electron chi connectivity index (χ1n) is 9.80. The van der Waals surface area contributed by atoms with Crippen molar-refractivity contribution in [2.75, 3.05) is 0 Å². The number of aryl methyl sites for hydroxylation is 3. The molecule has 0 atom stereocenters. The third-order valence-corrected chi connectivity index (χ3v) is 5.63. The van der Waals surface area contributed by atoms with E-state index in [1.807, 2.05) is 25.6 Å². The van der Waals surface area contributed by atoms with E-state index in [1.54, 1.807) is 0 Å². The van der Waals surface area contributed by atoms with Crippen molar-refractivity contribution in [1.29, 1.82) is 5.26 Å². The number of aromatic nitrogens is 3. The normalized spacial score (nSPS) is 12.0. The molecule has 4 heteroatoms. The summed E-state index contributed by atoms with van der Waals surface area (Å²) < 4.78 is 4.06. The van der Waals surface area contributed by atoms with Crippen LogP contribution in [0.4, 0.5) is 0 Å². The Morgan fingerprint density at radius 1 is 1.11 bits per heavy atom. The highest BCUT2D eigenvalue weighted by Crippen LogP contribution is 2.35. The molecule has 0 spiro atoms. The molecular weight excluding hydrogens is 344 g/mol. The Balaban J connectivity index is 1.91. The number of rotatable bonds is 4. The summed E-state index contributed by atoms with van der Waals surface area (Å²) in [5.74, 6) is 0. The molecule has 0 aliphatic heterocycles. The molecular formula is C24H26N4. The predicted octanol–water partition coefficient (Wildman–Crippen LogP) is 5.62. The van der Waals surface area contributed by atoms with Crippen LogP contribution in [0.1, 0.15) is 32.0 Å². The monoisotopic (exact) mass is 370 g/mol. The van der Waals surface area contributed by atoms with Gasteiger partial charge < -0.3 is 4.57 Å². The lowest BCUT2D eigenvalue weighted by Crippen LogP contribution is -2.17. The zero-order valence-electron chi connectivity index (χ0n) is 17.2. The molecule has 0 unspecified atom stereocenters. The van der Waals surface area contributed by atoms with Gasteiger partial charge in [-0.3, -0.25) is 4.68 Å². The van der Waals surface area contributed by atoms with Crippen LogP contribution in [0.5, 0.6) is 0 Å². The summed E-state index contributed by atoms with van der Waals surface area (Å²) in [7, 11) is 1.98. The van der Waals surface area contributed by atoms with Gasteiger partial charge in [-0.1, -0.05) is 37.3 Å². The van der Waals surface area contributed by atoms with E-state index < -0.39 is 5.41 Å². The van der Waals surface area contributed by atoms with Crippen LogP contribution in [0.25, 0.3) is 32.9 Å². The second kappa shape index (κ2) is 6.53. The van der Waals surface area contributed by atoms with Gasteiger partial charge in [-0.2, -0.15) is 10.4 Å². The van der Waals surface area contributed by atoms with Gasteiger partial charge in [-0.25, -0.2) is 0 Å². The fraction of sp³-hybridized carbons (Fsp3) is 0.333. The predicted molar refractivity (Wildman–Crippen MR) is 115 cm³/mol. The van der Waals surface area contributed by atoms with Gasteiger partial charge in [0.25, 0.3) is 0 Å². The maximum atomic E-state index is 9.48. The van der Waals surface area contributed by atoms with E-state index in [9.17, 15) is 5.26 Å². The third kappa shape index (κ3) is 2.97. The first kappa shape index (κ1) is 18.3. The molecule has 0 N–H and O–H groups in total. The van der Waals surface area contributed by atoms with Crippen molar-refractivity contribution in [3.05, 3.63) is 53.9 Å². The molecule has 2 heterocycles. The van der Waals surface area contributed by atoms with E-state index in [4.69, 9.17) is 5.10 Å². The third-order valence-electron chi connectivity index (χ3n) is 5.63. The van der Waals surface area contributed by atoms with Gasteiger partial charge in [0.1, 0.15) is 0 Å². The summed E-state index contributed by atoms with van der Waals surface area (Å²) in [4.78, 5) is 0.